The van der Waals surface area contributed by atoms with Crippen molar-refractivity contribution < 1.29 is 9.53 Å². The summed E-state index contributed by atoms with van der Waals surface area (Å²) in [5.74, 6) is 1.06. The van der Waals surface area contributed by atoms with Crippen LogP contribution in [0.15, 0.2) is 59.5 Å². The molecule has 0 atom stereocenters. The number of rotatable bonds is 10. The summed E-state index contributed by atoms with van der Waals surface area (Å²) in [6.07, 6.45) is 8.61. The Morgan fingerprint density at radius 2 is 1.74 bits per heavy atom. The summed E-state index contributed by atoms with van der Waals surface area (Å²) < 4.78 is 7.16. The molecule has 2 aliphatic carbocycles. The number of aromatic nitrogens is 4. The molecule has 1 aliphatic heterocycles. The zero-order chi connectivity index (χ0) is 37.9. The van der Waals surface area contributed by atoms with Crippen LogP contribution >= 0.6 is 23.2 Å². The first-order valence-corrected chi connectivity index (χ1v) is 19.5. The number of fused-ring (bicyclic) bond motifs is 4. The molecule has 2 aromatic carbocycles. The Balaban J connectivity index is 1.09. The highest BCUT2D eigenvalue weighted by molar-refractivity contribution is 6.39. The van der Waals surface area contributed by atoms with Gasteiger partial charge in [-0.25, -0.2) is 14.6 Å². The van der Waals surface area contributed by atoms with Crippen LogP contribution in [-0.2, 0) is 24.8 Å². The fraction of sp³-hybridized carbons (Fsp3) is 0.405. The van der Waals surface area contributed by atoms with Crippen LogP contribution in [0, 0.1) is 10.8 Å². The molecule has 3 aliphatic rings. The molecule has 4 heterocycles. The Morgan fingerprint density at radius 3 is 2.44 bits per heavy atom. The first-order chi connectivity index (χ1) is 25.9. The molecule has 3 aromatic heterocycles. The smallest absolute Gasteiger partial charge is 0.278 e. The molecule has 12 heteroatoms. The SMILES string of the molecule is COc1nc(-c2cccc(-c3cccc(Nc4nc(C(C)C)cc5cnn(C)c(=O)c45)c3Cl)c2Cl)cc2c1CCN(CCC13CCC(C(N)=O)(CC1)C3)C2. The zero-order valence-corrected chi connectivity index (χ0v) is 32.7. The number of pyridine rings is 2. The highest BCUT2D eigenvalue weighted by Crippen LogP contribution is 2.63. The van der Waals surface area contributed by atoms with E-state index in [4.69, 9.17) is 43.6 Å². The lowest BCUT2D eigenvalue weighted by Gasteiger charge is -2.33. The number of benzene rings is 2. The fourth-order valence-electron chi connectivity index (χ4n) is 9.06. The second kappa shape index (κ2) is 14.0. The van der Waals surface area contributed by atoms with Crippen LogP contribution in [0.3, 0.4) is 0 Å². The zero-order valence-electron chi connectivity index (χ0n) is 31.1. The molecule has 1 amide bonds. The number of carbonyl (C=O) groups is 1. The van der Waals surface area contributed by atoms with Crippen LogP contribution in [0.5, 0.6) is 5.88 Å². The monoisotopic (exact) mass is 765 g/mol. The van der Waals surface area contributed by atoms with Crippen molar-refractivity contribution in [3.63, 3.8) is 0 Å². The molecule has 10 nitrogen and oxygen atoms in total. The molecule has 8 rings (SSSR count). The van der Waals surface area contributed by atoms with Crippen LogP contribution in [-0.4, -0.2) is 50.8 Å². The van der Waals surface area contributed by atoms with E-state index in [1.807, 2.05) is 42.5 Å². The second-order valence-electron chi connectivity index (χ2n) is 15.8. The third-order valence-electron chi connectivity index (χ3n) is 12.3. The lowest BCUT2D eigenvalue weighted by Crippen LogP contribution is -2.34. The Bertz CT molecular complexity index is 2370. The van der Waals surface area contributed by atoms with E-state index in [0.29, 0.717) is 38.2 Å². The van der Waals surface area contributed by atoms with Gasteiger partial charge in [0.2, 0.25) is 11.8 Å². The average Bonchev–Trinajstić information content (AvgIpc) is 3.74. The minimum Gasteiger partial charge on any atom is -0.481 e. The molecule has 2 saturated carbocycles. The largest absolute Gasteiger partial charge is 0.481 e. The summed E-state index contributed by atoms with van der Waals surface area (Å²) in [4.78, 5) is 37.8. The maximum Gasteiger partial charge on any atom is 0.278 e. The highest BCUT2D eigenvalue weighted by Gasteiger charge is 2.56. The summed E-state index contributed by atoms with van der Waals surface area (Å²) in [6.45, 7) is 6.81. The van der Waals surface area contributed by atoms with Crippen molar-refractivity contribution in [3.8, 4) is 28.3 Å². The summed E-state index contributed by atoms with van der Waals surface area (Å²) in [5, 5.41) is 9.69. The molecule has 280 valence electrons. The average molecular weight is 767 g/mol. The summed E-state index contributed by atoms with van der Waals surface area (Å²) in [6, 6.07) is 15.6. The van der Waals surface area contributed by atoms with Gasteiger partial charge in [-0.2, -0.15) is 5.10 Å². The van der Waals surface area contributed by atoms with E-state index in [1.54, 1.807) is 20.4 Å². The van der Waals surface area contributed by atoms with Crippen LogP contribution < -0.4 is 21.3 Å². The molecule has 0 saturated heterocycles. The van der Waals surface area contributed by atoms with Gasteiger partial charge in [-0.15, -0.1) is 0 Å². The lowest BCUT2D eigenvalue weighted by molar-refractivity contribution is -0.127. The van der Waals surface area contributed by atoms with Gasteiger partial charge >= 0.3 is 0 Å². The van der Waals surface area contributed by atoms with Crippen molar-refractivity contribution in [1.29, 1.82) is 0 Å². The normalized spacial score (nSPS) is 20.8. The number of hydrogen-bond acceptors (Lipinski definition) is 8. The van der Waals surface area contributed by atoms with Crippen LogP contribution in [0.1, 0.15) is 75.1 Å². The van der Waals surface area contributed by atoms with E-state index in [9.17, 15) is 9.59 Å². The Labute approximate surface area is 325 Å². The predicted octanol–water partition coefficient (Wildman–Crippen LogP) is 8.42. The van der Waals surface area contributed by atoms with E-state index >= 15 is 0 Å². The number of nitrogens with one attached hydrogen (secondary N) is 1. The van der Waals surface area contributed by atoms with Gasteiger partial charge in [-0.3, -0.25) is 14.5 Å². The third kappa shape index (κ3) is 6.31. The van der Waals surface area contributed by atoms with Gasteiger partial charge in [-0.05, 0) is 86.6 Å². The van der Waals surface area contributed by atoms with Gasteiger partial charge < -0.3 is 15.8 Å². The van der Waals surface area contributed by atoms with Gasteiger partial charge in [0.15, 0.2) is 0 Å². The van der Waals surface area contributed by atoms with E-state index in [-0.39, 0.29) is 28.2 Å². The summed E-state index contributed by atoms with van der Waals surface area (Å²) in [5.41, 5.74) is 12.3. The molecular weight excluding hydrogens is 721 g/mol. The number of anilines is 2. The predicted molar refractivity (Wildman–Crippen MR) is 215 cm³/mol. The lowest BCUT2D eigenvalue weighted by atomic mass is 9.80. The number of methoxy groups -OCH3 is 1. The number of carbonyl (C=O) groups excluding carboxylic acids is 1. The molecular formula is C42H45Cl2N7O3. The fourth-order valence-corrected chi connectivity index (χ4v) is 9.66. The van der Waals surface area contributed by atoms with Crippen molar-refractivity contribution in [2.75, 3.05) is 25.5 Å². The second-order valence-corrected chi connectivity index (χ2v) is 16.6. The van der Waals surface area contributed by atoms with E-state index in [1.165, 1.54) is 10.2 Å². The Kier molecular flexibility index (Phi) is 9.43. The maximum atomic E-state index is 13.2. The number of nitrogens with two attached hydrogens (primary N) is 1. The van der Waals surface area contributed by atoms with Gasteiger partial charge in [0.05, 0.1) is 40.1 Å². The standard InChI is InChI=1S/C42H45Cl2N7O3/c1-24(2)32-19-25-21-46-50(3)39(52)34(25)37(48-32)47-31-10-6-8-29(36(31)44)28-7-5-9-30(35(28)43)33-20-26-22-51(17-11-27(26)38(49-33)54-4)18-16-41-12-14-42(23-41,15-13-41)40(45)53/h5-10,19-21,24H,11-18,22-23H2,1-4H3,(H2,45,53)(H,47,48). The molecule has 2 fully saturated rings. The minimum absolute atomic E-state index is 0.111. The number of nitrogens with zero attached hydrogens (tertiary/aromatic N) is 5. The number of amides is 1. The van der Waals surface area contributed by atoms with Gasteiger partial charge in [0.1, 0.15) is 5.82 Å². The van der Waals surface area contributed by atoms with Crippen molar-refractivity contribution in [3.05, 3.63) is 91.9 Å². The van der Waals surface area contributed by atoms with Crippen LogP contribution in [0.2, 0.25) is 10.0 Å². The molecule has 54 heavy (non-hydrogen) atoms. The van der Waals surface area contributed by atoms with Crippen molar-refractivity contribution in [2.45, 2.75) is 71.3 Å². The van der Waals surface area contributed by atoms with Crippen LogP contribution in [0.4, 0.5) is 11.5 Å². The van der Waals surface area contributed by atoms with E-state index in [0.717, 1.165) is 98.2 Å². The first-order valence-electron chi connectivity index (χ1n) is 18.7. The molecule has 2 bridgehead atoms. The number of primary amides is 1. The topological polar surface area (TPSA) is 128 Å². The molecule has 0 spiro atoms. The Morgan fingerprint density at radius 1 is 1.02 bits per heavy atom. The van der Waals surface area contributed by atoms with Gasteiger partial charge in [0, 0.05) is 58.9 Å². The van der Waals surface area contributed by atoms with Crippen molar-refractivity contribution >= 4 is 51.4 Å². The van der Waals surface area contributed by atoms with E-state index < -0.39 is 0 Å². The number of hydrogen-bond donors (Lipinski definition) is 2. The van der Waals surface area contributed by atoms with Gasteiger partial charge in [-0.1, -0.05) is 67.4 Å². The summed E-state index contributed by atoms with van der Waals surface area (Å²) >= 11 is 14.4. The number of halogens is 2. The number of ether oxygens (including phenoxy) is 1. The third-order valence-corrected chi connectivity index (χ3v) is 13.1. The van der Waals surface area contributed by atoms with Crippen molar-refractivity contribution in [1.82, 2.24) is 24.6 Å². The summed E-state index contributed by atoms with van der Waals surface area (Å²) in [7, 11) is 3.29. The van der Waals surface area contributed by atoms with Crippen molar-refractivity contribution in [2.24, 2.45) is 23.6 Å². The van der Waals surface area contributed by atoms with Gasteiger partial charge in [0.25, 0.3) is 5.56 Å². The molecule has 0 radical (unpaired) electrons. The molecule has 0 unspecified atom stereocenters. The first kappa shape index (κ1) is 36.5. The Hall–Kier alpha value is -4.51. The minimum atomic E-state index is -0.276. The van der Waals surface area contributed by atoms with Crippen LogP contribution in [0.25, 0.3) is 33.2 Å². The highest BCUT2D eigenvalue weighted by atomic mass is 35.5. The molecule has 3 N–H and O–H groups in total. The quantitative estimate of drug-likeness (QED) is 0.145. The molecule has 5 aromatic rings. The maximum absolute atomic E-state index is 13.2. The number of aryl methyl sites for hydroxylation is 1. The van der Waals surface area contributed by atoms with E-state index in [2.05, 4.69) is 35.2 Å².